The zero-order valence-electron chi connectivity index (χ0n) is 16.8. The summed E-state index contributed by atoms with van der Waals surface area (Å²) in [5, 5.41) is 5.38. The van der Waals surface area contributed by atoms with Crippen molar-refractivity contribution in [3.05, 3.63) is 83.4 Å². The van der Waals surface area contributed by atoms with Crippen LogP contribution in [0.1, 0.15) is 40.7 Å². The van der Waals surface area contributed by atoms with Gasteiger partial charge in [-0.3, -0.25) is 14.4 Å². The van der Waals surface area contributed by atoms with Gasteiger partial charge in [0.05, 0.1) is 6.61 Å². The summed E-state index contributed by atoms with van der Waals surface area (Å²) in [5.74, 6) is -1.76. The number of carbonyl (C=O) groups excluding carboxylic acids is 3. The Balaban J connectivity index is 1.73. The Morgan fingerprint density at radius 1 is 1.03 bits per heavy atom. The molecular weight excluding hydrogens is 380 g/mol. The SMILES string of the molecule is O=C(NCc1ccccc1)C(=O)[C@@H]1C/C=C\CCCOCc2ccccc2C(=O)N1. The summed E-state index contributed by atoms with van der Waals surface area (Å²) in [6.45, 7) is 1.16. The molecule has 2 amide bonds. The quantitative estimate of drug-likeness (QED) is 0.604. The van der Waals surface area contributed by atoms with Gasteiger partial charge in [-0.25, -0.2) is 0 Å². The van der Waals surface area contributed by atoms with Crippen molar-refractivity contribution in [2.24, 2.45) is 0 Å². The highest BCUT2D eigenvalue weighted by Crippen LogP contribution is 2.13. The van der Waals surface area contributed by atoms with Crippen molar-refractivity contribution in [1.29, 1.82) is 0 Å². The van der Waals surface area contributed by atoms with Crippen molar-refractivity contribution in [3.63, 3.8) is 0 Å². The molecule has 0 fully saturated rings. The first-order valence-corrected chi connectivity index (χ1v) is 10.1. The smallest absolute Gasteiger partial charge is 0.289 e. The average molecular weight is 406 g/mol. The van der Waals surface area contributed by atoms with Crippen LogP contribution in [0.5, 0.6) is 0 Å². The van der Waals surface area contributed by atoms with Crippen LogP contribution in [0.25, 0.3) is 0 Å². The highest BCUT2D eigenvalue weighted by molar-refractivity contribution is 6.38. The van der Waals surface area contributed by atoms with E-state index in [4.69, 9.17) is 4.74 Å². The fourth-order valence-corrected chi connectivity index (χ4v) is 3.19. The minimum atomic E-state index is -0.931. The van der Waals surface area contributed by atoms with Gasteiger partial charge < -0.3 is 15.4 Å². The van der Waals surface area contributed by atoms with E-state index in [1.807, 2.05) is 54.6 Å². The fourth-order valence-electron chi connectivity index (χ4n) is 3.19. The van der Waals surface area contributed by atoms with Crippen molar-refractivity contribution >= 4 is 17.6 Å². The van der Waals surface area contributed by atoms with Gasteiger partial charge in [-0.2, -0.15) is 0 Å². The Hall–Kier alpha value is -3.25. The molecule has 0 radical (unpaired) electrons. The third-order valence-electron chi connectivity index (χ3n) is 4.86. The van der Waals surface area contributed by atoms with E-state index in [2.05, 4.69) is 10.6 Å². The Bertz CT molecular complexity index is 908. The molecular formula is C24H26N2O4. The lowest BCUT2D eigenvalue weighted by Crippen LogP contribution is -2.47. The maximum atomic E-state index is 12.8. The van der Waals surface area contributed by atoms with Crippen LogP contribution >= 0.6 is 0 Å². The molecule has 6 nitrogen and oxygen atoms in total. The van der Waals surface area contributed by atoms with Gasteiger partial charge in [-0.05, 0) is 36.5 Å². The molecule has 2 aromatic rings. The molecule has 0 saturated carbocycles. The second kappa shape index (κ2) is 11.1. The Labute approximate surface area is 176 Å². The third kappa shape index (κ3) is 6.12. The van der Waals surface area contributed by atoms with Crippen LogP contribution in [0.3, 0.4) is 0 Å². The summed E-state index contributed by atoms with van der Waals surface area (Å²) in [4.78, 5) is 38.1. The molecule has 1 aliphatic rings. The van der Waals surface area contributed by atoms with Crippen LogP contribution in [-0.4, -0.2) is 30.2 Å². The van der Waals surface area contributed by atoms with Crippen molar-refractivity contribution in [2.45, 2.75) is 38.5 Å². The molecule has 1 heterocycles. The van der Waals surface area contributed by atoms with Crippen LogP contribution in [0, 0.1) is 0 Å². The summed E-state index contributed by atoms with van der Waals surface area (Å²) < 4.78 is 5.66. The van der Waals surface area contributed by atoms with Crippen molar-refractivity contribution in [3.8, 4) is 0 Å². The molecule has 0 bridgehead atoms. The van der Waals surface area contributed by atoms with E-state index in [1.165, 1.54) is 0 Å². The summed E-state index contributed by atoms with van der Waals surface area (Å²) in [6.07, 6.45) is 5.68. The molecule has 156 valence electrons. The molecule has 0 aromatic heterocycles. The van der Waals surface area contributed by atoms with Crippen LogP contribution in [0.4, 0.5) is 0 Å². The van der Waals surface area contributed by atoms with Gasteiger partial charge >= 0.3 is 0 Å². The average Bonchev–Trinajstić information content (AvgIpc) is 2.79. The van der Waals surface area contributed by atoms with Crippen LogP contribution in [-0.2, 0) is 27.5 Å². The zero-order chi connectivity index (χ0) is 21.2. The van der Waals surface area contributed by atoms with Crippen molar-refractivity contribution in [2.75, 3.05) is 6.61 Å². The Morgan fingerprint density at radius 3 is 2.63 bits per heavy atom. The highest BCUT2D eigenvalue weighted by atomic mass is 16.5. The standard InChI is InChI=1S/C24H26N2O4/c27-22(24(29)25-16-18-10-4-3-5-11-18)21-14-6-1-2-9-15-30-17-19-12-7-8-13-20(19)23(28)26-21/h1,3-8,10-13,21H,2,9,14-17H2,(H,25,29)(H,26,28)/b6-1-/t21-/m0/s1. The van der Waals surface area contributed by atoms with E-state index in [-0.39, 0.29) is 13.0 Å². The number of hydrogen-bond donors (Lipinski definition) is 2. The molecule has 6 heteroatoms. The van der Waals surface area contributed by atoms with Gasteiger partial charge in [0, 0.05) is 18.7 Å². The fraction of sp³-hybridized carbons (Fsp3) is 0.292. The molecule has 0 spiro atoms. The summed E-state index contributed by atoms with van der Waals surface area (Å²) in [6, 6.07) is 15.6. The second-order valence-electron chi connectivity index (χ2n) is 7.12. The minimum absolute atomic E-state index is 0.252. The van der Waals surface area contributed by atoms with Crippen molar-refractivity contribution < 1.29 is 19.1 Å². The molecule has 0 aliphatic carbocycles. The van der Waals surface area contributed by atoms with E-state index in [0.717, 1.165) is 24.0 Å². The summed E-state index contributed by atoms with van der Waals surface area (Å²) >= 11 is 0. The lowest BCUT2D eigenvalue weighted by atomic mass is 10.0. The maximum Gasteiger partial charge on any atom is 0.289 e. The van der Waals surface area contributed by atoms with E-state index in [0.29, 0.717) is 18.8 Å². The van der Waals surface area contributed by atoms with Gasteiger partial charge in [-0.15, -0.1) is 0 Å². The van der Waals surface area contributed by atoms with Gasteiger partial charge in [0.15, 0.2) is 0 Å². The topological polar surface area (TPSA) is 84.5 Å². The van der Waals surface area contributed by atoms with Gasteiger partial charge in [0.25, 0.3) is 11.8 Å². The van der Waals surface area contributed by atoms with E-state index < -0.39 is 23.6 Å². The molecule has 2 N–H and O–H groups in total. The number of rotatable bonds is 4. The molecule has 0 unspecified atom stereocenters. The number of hydrogen-bond acceptors (Lipinski definition) is 4. The van der Waals surface area contributed by atoms with E-state index in [9.17, 15) is 14.4 Å². The number of allylic oxidation sites excluding steroid dienone is 1. The first-order valence-electron chi connectivity index (χ1n) is 10.1. The number of fused-ring (bicyclic) bond motifs is 1. The summed E-state index contributed by atoms with van der Waals surface area (Å²) in [5.41, 5.74) is 2.09. The largest absolute Gasteiger partial charge is 0.377 e. The van der Waals surface area contributed by atoms with Crippen molar-refractivity contribution in [1.82, 2.24) is 10.6 Å². The third-order valence-corrected chi connectivity index (χ3v) is 4.86. The summed E-state index contributed by atoms with van der Waals surface area (Å²) in [7, 11) is 0. The number of Topliss-reactive ketones (excluding diaryl/α,β-unsaturated/α-hetero) is 1. The monoisotopic (exact) mass is 406 g/mol. The number of benzene rings is 2. The predicted octanol–water partition coefficient (Wildman–Crippen LogP) is 2.93. The number of carbonyl (C=O) groups is 3. The molecule has 2 aromatic carbocycles. The van der Waals surface area contributed by atoms with Gasteiger partial charge in [-0.1, -0.05) is 60.7 Å². The van der Waals surface area contributed by atoms with Crippen LogP contribution in [0.2, 0.25) is 0 Å². The zero-order valence-corrected chi connectivity index (χ0v) is 16.8. The normalized spacial score (nSPS) is 18.5. The lowest BCUT2D eigenvalue weighted by molar-refractivity contribution is -0.139. The van der Waals surface area contributed by atoms with Gasteiger partial charge in [0.1, 0.15) is 6.04 Å². The Morgan fingerprint density at radius 2 is 1.80 bits per heavy atom. The Kier molecular flexibility index (Phi) is 7.92. The minimum Gasteiger partial charge on any atom is -0.377 e. The number of amides is 2. The number of ketones is 1. The first kappa shape index (κ1) is 21.5. The predicted molar refractivity (Wildman–Crippen MR) is 114 cm³/mol. The maximum absolute atomic E-state index is 12.8. The molecule has 3 rings (SSSR count). The molecule has 0 saturated heterocycles. The molecule has 30 heavy (non-hydrogen) atoms. The number of nitrogens with one attached hydrogen (secondary N) is 2. The number of ether oxygens (including phenoxy) is 1. The van der Waals surface area contributed by atoms with Crippen LogP contribution < -0.4 is 10.6 Å². The van der Waals surface area contributed by atoms with E-state index >= 15 is 0 Å². The molecule has 1 atom stereocenters. The molecule has 1 aliphatic heterocycles. The first-order chi connectivity index (χ1) is 14.6. The van der Waals surface area contributed by atoms with Crippen LogP contribution in [0.15, 0.2) is 66.7 Å². The van der Waals surface area contributed by atoms with E-state index in [1.54, 1.807) is 12.1 Å². The van der Waals surface area contributed by atoms with Gasteiger partial charge in [0.2, 0.25) is 5.78 Å². The highest BCUT2D eigenvalue weighted by Gasteiger charge is 2.27. The lowest BCUT2D eigenvalue weighted by Gasteiger charge is -2.17. The second-order valence-corrected chi connectivity index (χ2v) is 7.12.